The number of alkyl halides is 3. The number of pyridine rings is 1. The fraction of sp³-hybridized carbons (Fsp3) is 0.583. The first kappa shape index (κ1) is 13.5. The molecule has 1 aliphatic carbocycles. The largest absolute Gasteiger partial charge is 0.391 e. The van der Waals surface area contributed by atoms with Gasteiger partial charge in [-0.1, -0.05) is 11.6 Å². The molecule has 6 heteroatoms. The monoisotopic (exact) mass is 278 g/mol. The summed E-state index contributed by atoms with van der Waals surface area (Å²) in [7, 11) is 0. The number of nitrogens with zero attached hydrogens (tertiary/aromatic N) is 1. The van der Waals surface area contributed by atoms with Crippen LogP contribution in [-0.4, -0.2) is 17.7 Å². The van der Waals surface area contributed by atoms with E-state index >= 15 is 0 Å². The van der Waals surface area contributed by atoms with Crippen molar-refractivity contribution in [3.8, 4) is 0 Å². The summed E-state index contributed by atoms with van der Waals surface area (Å²) in [6, 6.07) is 1.77. The topological polar surface area (TPSA) is 24.9 Å². The third-order valence-corrected chi connectivity index (χ3v) is 3.51. The summed E-state index contributed by atoms with van der Waals surface area (Å²) < 4.78 is 36.9. The van der Waals surface area contributed by atoms with Gasteiger partial charge in [0.15, 0.2) is 0 Å². The van der Waals surface area contributed by atoms with Crippen LogP contribution in [0.5, 0.6) is 0 Å². The SMILES string of the molecule is Cc1cc(Cl)cnc1NCC1CC(C(F)(F)F)C1. The number of hydrogen-bond donors (Lipinski definition) is 1. The van der Waals surface area contributed by atoms with E-state index in [0.29, 0.717) is 17.4 Å². The predicted molar refractivity (Wildman–Crippen MR) is 64.7 cm³/mol. The summed E-state index contributed by atoms with van der Waals surface area (Å²) in [4.78, 5) is 4.11. The smallest absolute Gasteiger partial charge is 0.370 e. The van der Waals surface area contributed by atoms with E-state index in [0.717, 1.165) is 5.56 Å². The van der Waals surface area contributed by atoms with E-state index in [1.165, 1.54) is 6.20 Å². The zero-order valence-corrected chi connectivity index (χ0v) is 10.6. The van der Waals surface area contributed by atoms with E-state index in [1.807, 2.05) is 6.92 Å². The lowest BCUT2D eigenvalue weighted by Gasteiger charge is -2.36. The molecule has 2 nitrogen and oxygen atoms in total. The van der Waals surface area contributed by atoms with Crippen molar-refractivity contribution >= 4 is 17.4 Å². The molecule has 1 heterocycles. The van der Waals surface area contributed by atoms with Gasteiger partial charge >= 0.3 is 6.18 Å². The van der Waals surface area contributed by atoms with E-state index in [4.69, 9.17) is 11.6 Å². The van der Waals surface area contributed by atoms with Crippen molar-refractivity contribution in [2.45, 2.75) is 25.9 Å². The van der Waals surface area contributed by atoms with Crippen LogP contribution in [-0.2, 0) is 0 Å². The van der Waals surface area contributed by atoms with Gasteiger partial charge in [-0.3, -0.25) is 0 Å². The molecule has 0 amide bonds. The molecule has 100 valence electrons. The second-order valence-corrected chi connectivity index (χ2v) is 5.21. The summed E-state index contributed by atoms with van der Waals surface area (Å²) in [5, 5.41) is 3.63. The predicted octanol–water partition coefficient (Wildman–Crippen LogP) is 4.04. The van der Waals surface area contributed by atoms with Gasteiger partial charge in [-0.2, -0.15) is 13.2 Å². The molecule has 1 aromatic heterocycles. The fourth-order valence-electron chi connectivity index (χ4n) is 2.14. The number of hydrogen-bond acceptors (Lipinski definition) is 2. The molecular weight excluding hydrogens is 265 g/mol. The van der Waals surface area contributed by atoms with E-state index in [9.17, 15) is 13.2 Å². The summed E-state index contributed by atoms with van der Waals surface area (Å²) >= 11 is 5.77. The quantitative estimate of drug-likeness (QED) is 0.902. The van der Waals surface area contributed by atoms with Crippen LogP contribution in [0.25, 0.3) is 0 Å². The first-order valence-corrected chi connectivity index (χ1v) is 6.17. The van der Waals surface area contributed by atoms with Crippen molar-refractivity contribution in [2.24, 2.45) is 11.8 Å². The minimum Gasteiger partial charge on any atom is -0.370 e. The van der Waals surface area contributed by atoms with Crippen LogP contribution in [0.2, 0.25) is 5.02 Å². The molecule has 1 saturated carbocycles. The Labute approximate surface area is 109 Å². The second kappa shape index (κ2) is 4.96. The van der Waals surface area contributed by atoms with Crippen LogP contribution < -0.4 is 5.32 Å². The van der Waals surface area contributed by atoms with Crippen LogP contribution in [0.15, 0.2) is 12.3 Å². The average Bonchev–Trinajstić information content (AvgIpc) is 2.16. The average molecular weight is 279 g/mol. The molecule has 1 aromatic rings. The maximum Gasteiger partial charge on any atom is 0.391 e. The Balaban J connectivity index is 1.80. The van der Waals surface area contributed by atoms with Crippen molar-refractivity contribution in [1.82, 2.24) is 4.98 Å². The number of nitrogens with one attached hydrogen (secondary N) is 1. The Kier molecular flexibility index (Phi) is 3.71. The van der Waals surface area contributed by atoms with Gasteiger partial charge in [0.2, 0.25) is 0 Å². The number of aryl methyl sites for hydroxylation is 1. The molecule has 0 atom stereocenters. The molecule has 0 radical (unpaired) electrons. The van der Waals surface area contributed by atoms with Crippen molar-refractivity contribution in [3.05, 3.63) is 22.8 Å². The molecule has 18 heavy (non-hydrogen) atoms. The molecule has 1 fully saturated rings. The molecule has 0 aliphatic heterocycles. The van der Waals surface area contributed by atoms with Gasteiger partial charge in [-0.05, 0) is 37.3 Å². The lowest BCUT2D eigenvalue weighted by atomic mass is 9.74. The van der Waals surface area contributed by atoms with Crippen LogP contribution in [0.4, 0.5) is 19.0 Å². The summed E-state index contributed by atoms with van der Waals surface area (Å²) in [5.74, 6) is -0.355. The molecule has 0 bridgehead atoms. The number of rotatable bonds is 3. The molecule has 0 spiro atoms. The Hall–Kier alpha value is -0.970. The highest BCUT2D eigenvalue weighted by molar-refractivity contribution is 6.30. The Morgan fingerprint density at radius 3 is 2.67 bits per heavy atom. The van der Waals surface area contributed by atoms with Crippen LogP contribution in [0.1, 0.15) is 18.4 Å². The highest BCUT2D eigenvalue weighted by atomic mass is 35.5. The summed E-state index contributed by atoms with van der Waals surface area (Å²) in [5.41, 5.74) is 0.897. The number of aromatic nitrogens is 1. The molecule has 1 aliphatic rings. The number of halogens is 4. The van der Waals surface area contributed by atoms with Gasteiger partial charge in [0.25, 0.3) is 0 Å². The lowest BCUT2D eigenvalue weighted by molar-refractivity contribution is -0.203. The minimum atomic E-state index is -4.04. The highest BCUT2D eigenvalue weighted by Crippen LogP contribution is 2.44. The third-order valence-electron chi connectivity index (χ3n) is 3.30. The second-order valence-electron chi connectivity index (χ2n) is 4.78. The zero-order valence-electron chi connectivity index (χ0n) is 9.89. The van der Waals surface area contributed by atoms with E-state index in [1.54, 1.807) is 6.07 Å². The Morgan fingerprint density at radius 1 is 1.44 bits per heavy atom. The third kappa shape index (κ3) is 3.07. The molecule has 2 rings (SSSR count). The first-order valence-electron chi connectivity index (χ1n) is 5.79. The van der Waals surface area contributed by atoms with E-state index in [2.05, 4.69) is 10.3 Å². The zero-order chi connectivity index (χ0) is 13.3. The molecular formula is C12H14ClF3N2. The summed E-state index contributed by atoms with van der Waals surface area (Å²) in [6.07, 6.45) is -2.09. The van der Waals surface area contributed by atoms with Crippen molar-refractivity contribution in [1.29, 1.82) is 0 Å². The van der Waals surface area contributed by atoms with E-state index in [-0.39, 0.29) is 18.8 Å². The maximum atomic E-state index is 12.3. The van der Waals surface area contributed by atoms with Gasteiger partial charge in [0.1, 0.15) is 5.82 Å². The molecule has 0 aromatic carbocycles. The molecule has 1 N–H and O–H groups in total. The Morgan fingerprint density at radius 2 is 2.11 bits per heavy atom. The van der Waals surface area contributed by atoms with E-state index < -0.39 is 12.1 Å². The van der Waals surface area contributed by atoms with Gasteiger partial charge in [0.05, 0.1) is 10.9 Å². The lowest BCUT2D eigenvalue weighted by Crippen LogP contribution is -2.38. The van der Waals surface area contributed by atoms with Gasteiger partial charge < -0.3 is 5.32 Å². The fourth-order valence-corrected chi connectivity index (χ4v) is 2.35. The Bertz CT molecular complexity index is 428. The maximum absolute atomic E-state index is 12.3. The minimum absolute atomic E-state index is 0.0773. The molecule has 0 unspecified atom stereocenters. The van der Waals surface area contributed by atoms with Gasteiger partial charge in [-0.15, -0.1) is 0 Å². The van der Waals surface area contributed by atoms with Gasteiger partial charge in [-0.25, -0.2) is 4.98 Å². The number of anilines is 1. The normalized spacial score (nSPS) is 23.6. The molecule has 0 saturated heterocycles. The van der Waals surface area contributed by atoms with Crippen molar-refractivity contribution in [2.75, 3.05) is 11.9 Å². The van der Waals surface area contributed by atoms with Crippen LogP contribution in [0, 0.1) is 18.8 Å². The van der Waals surface area contributed by atoms with Crippen molar-refractivity contribution in [3.63, 3.8) is 0 Å². The van der Waals surface area contributed by atoms with Crippen LogP contribution >= 0.6 is 11.6 Å². The first-order chi connectivity index (χ1) is 8.36. The standard InChI is InChI=1S/C12H14ClF3N2/c1-7-2-10(13)6-18-11(7)17-5-8-3-9(4-8)12(14,15)16/h2,6,8-9H,3-5H2,1H3,(H,17,18). The summed E-state index contributed by atoms with van der Waals surface area (Å²) in [6.45, 7) is 2.39. The van der Waals surface area contributed by atoms with Gasteiger partial charge in [0, 0.05) is 12.7 Å². The van der Waals surface area contributed by atoms with Crippen LogP contribution in [0.3, 0.4) is 0 Å². The van der Waals surface area contributed by atoms with Crippen molar-refractivity contribution < 1.29 is 13.2 Å². The highest BCUT2D eigenvalue weighted by Gasteiger charge is 2.47.